The van der Waals surface area contributed by atoms with Crippen molar-refractivity contribution in [2.45, 2.75) is 20.0 Å². The summed E-state index contributed by atoms with van der Waals surface area (Å²) in [6.07, 6.45) is 1.08. The van der Waals surface area contributed by atoms with E-state index in [0.29, 0.717) is 11.4 Å². The van der Waals surface area contributed by atoms with Gasteiger partial charge in [-0.25, -0.2) is 8.42 Å². The van der Waals surface area contributed by atoms with E-state index >= 15 is 0 Å². The minimum Gasteiger partial charge on any atom is -0.491 e. The molecule has 0 aliphatic carbocycles. The fourth-order valence-electron chi connectivity index (χ4n) is 3.22. The number of rotatable bonds is 10. The molecular weight excluding hydrogens is 428 g/mol. The zero-order chi connectivity index (χ0) is 23.1. The van der Waals surface area contributed by atoms with Gasteiger partial charge in [0.05, 0.1) is 24.6 Å². The number of nitrogens with zero attached hydrogens (tertiary/aromatic N) is 1. The number of hydrogen-bond donors (Lipinski definition) is 1. The molecule has 7 nitrogen and oxygen atoms in total. The minimum atomic E-state index is -3.65. The summed E-state index contributed by atoms with van der Waals surface area (Å²) in [5, 5.41) is 4.78. The predicted molar refractivity (Wildman–Crippen MR) is 127 cm³/mol. The highest BCUT2D eigenvalue weighted by atomic mass is 32.2. The molecule has 0 saturated heterocycles. The number of fused-ring (bicyclic) bond motifs is 1. The first kappa shape index (κ1) is 23.4. The van der Waals surface area contributed by atoms with E-state index in [1.807, 2.05) is 56.3 Å². The molecule has 1 N–H and O–H groups in total. The van der Waals surface area contributed by atoms with Gasteiger partial charge in [0.25, 0.3) is 0 Å². The molecule has 32 heavy (non-hydrogen) atoms. The quantitative estimate of drug-likeness (QED) is 0.471. The second-order valence-corrected chi connectivity index (χ2v) is 9.51. The summed E-state index contributed by atoms with van der Waals surface area (Å²) in [4.78, 5) is 12.4. The maximum atomic E-state index is 12.4. The van der Waals surface area contributed by atoms with E-state index in [-0.39, 0.29) is 25.8 Å². The van der Waals surface area contributed by atoms with Crippen molar-refractivity contribution in [1.29, 1.82) is 0 Å². The number of benzene rings is 3. The van der Waals surface area contributed by atoms with Gasteiger partial charge in [-0.3, -0.25) is 9.10 Å². The fourth-order valence-corrected chi connectivity index (χ4v) is 4.08. The molecular formula is C24H28N2O5S. The van der Waals surface area contributed by atoms with Gasteiger partial charge in [0.15, 0.2) is 0 Å². The Labute approximate surface area is 189 Å². The molecule has 0 atom stereocenters. The first-order valence-electron chi connectivity index (χ1n) is 10.4. The summed E-state index contributed by atoms with van der Waals surface area (Å²) in [6, 6.07) is 20.3. The van der Waals surface area contributed by atoms with Crippen molar-refractivity contribution in [1.82, 2.24) is 5.32 Å². The van der Waals surface area contributed by atoms with E-state index in [2.05, 4.69) is 5.32 Å². The van der Waals surface area contributed by atoms with Crippen molar-refractivity contribution in [3.8, 4) is 11.5 Å². The summed E-state index contributed by atoms with van der Waals surface area (Å²) >= 11 is 0. The van der Waals surface area contributed by atoms with Crippen molar-refractivity contribution in [2.24, 2.45) is 0 Å². The lowest BCUT2D eigenvalue weighted by Crippen LogP contribution is -2.41. The number of anilines is 1. The molecule has 3 aromatic rings. The maximum Gasteiger partial charge on any atom is 0.240 e. The summed E-state index contributed by atoms with van der Waals surface area (Å²) in [7, 11) is -3.65. The van der Waals surface area contributed by atoms with Crippen molar-refractivity contribution >= 4 is 32.4 Å². The molecule has 0 aliphatic rings. The highest BCUT2D eigenvalue weighted by Crippen LogP contribution is 2.25. The lowest BCUT2D eigenvalue weighted by atomic mass is 10.1. The number of carbonyl (C=O) groups excluding carboxylic acids is 1. The van der Waals surface area contributed by atoms with E-state index < -0.39 is 15.9 Å². The van der Waals surface area contributed by atoms with Crippen LogP contribution in [0.1, 0.15) is 13.8 Å². The standard InChI is InChI=1S/C24H28N2O5S/c1-18(2)31-21-13-11-20(12-14-21)26(32(3,28)29)17-24(27)25-15-16-30-23-10-6-8-19-7-4-5-9-22(19)23/h4-14,18H,15-17H2,1-3H3,(H,25,27). The third kappa shape index (κ3) is 6.37. The molecule has 0 radical (unpaired) electrons. The van der Waals surface area contributed by atoms with Crippen molar-refractivity contribution < 1.29 is 22.7 Å². The van der Waals surface area contributed by atoms with Crippen LogP contribution in [0.3, 0.4) is 0 Å². The molecule has 0 aliphatic heterocycles. The molecule has 8 heteroatoms. The summed E-state index contributed by atoms with van der Waals surface area (Å²) in [6.45, 7) is 4.01. The second kappa shape index (κ2) is 10.4. The molecule has 3 aromatic carbocycles. The Morgan fingerprint density at radius 1 is 1.00 bits per heavy atom. The highest BCUT2D eigenvalue weighted by molar-refractivity contribution is 7.92. The third-order valence-electron chi connectivity index (χ3n) is 4.62. The van der Waals surface area contributed by atoms with Gasteiger partial charge < -0.3 is 14.8 Å². The Balaban J connectivity index is 1.56. The zero-order valence-electron chi connectivity index (χ0n) is 18.4. The van der Waals surface area contributed by atoms with E-state index in [0.717, 1.165) is 27.1 Å². The van der Waals surface area contributed by atoms with Gasteiger partial charge in [-0.2, -0.15) is 0 Å². The SMILES string of the molecule is CC(C)Oc1ccc(N(CC(=O)NCCOc2cccc3ccccc23)S(C)(=O)=O)cc1. The fraction of sp³-hybridized carbons (Fsp3) is 0.292. The van der Waals surface area contributed by atoms with Crippen LogP contribution in [0.25, 0.3) is 10.8 Å². The maximum absolute atomic E-state index is 12.4. The highest BCUT2D eigenvalue weighted by Gasteiger charge is 2.21. The minimum absolute atomic E-state index is 0.00809. The summed E-state index contributed by atoms with van der Waals surface area (Å²) in [5.41, 5.74) is 0.394. The molecule has 0 bridgehead atoms. The lowest BCUT2D eigenvalue weighted by Gasteiger charge is -2.22. The Hall–Kier alpha value is -3.26. The smallest absolute Gasteiger partial charge is 0.240 e. The Kier molecular flexibility index (Phi) is 7.58. The van der Waals surface area contributed by atoms with Crippen molar-refractivity contribution in [3.05, 3.63) is 66.7 Å². The van der Waals surface area contributed by atoms with Gasteiger partial charge in [0.2, 0.25) is 15.9 Å². The Morgan fingerprint density at radius 3 is 2.38 bits per heavy atom. The number of nitrogens with one attached hydrogen (secondary N) is 1. The first-order chi connectivity index (χ1) is 15.2. The van der Waals surface area contributed by atoms with Crippen LogP contribution in [-0.4, -0.2) is 46.4 Å². The Bertz CT molecular complexity index is 1160. The summed E-state index contributed by atoms with van der Waals surface area (Å²) in [5.74, 6) is 0.950. The molecule has 3 rings (SSSR count). The van der Waals surface area contributed by atoms with E-state index in [1.165, 1.54) is 0 Å². The van der Waals surface area contributed by atoms with Crippen LogP contribution in [0.2, 0.25) is 0 Å². The summed E-state index contributed by atoms with van der Waals surface area (Å²) < 4.78 is 37.0. The van der Waals surface area contributed by atoms with Crippen molar-refractivity contribution in [3.63, 3.8) is 0 Å². The Morgan fingerprint density at radius 2 is 1.69 bits per heavy atom. The van der Waals surface area contributed by atoms with Crippen LogP contribution in [0, 0.1) is 0 Å². The van der Waals surface area contributed by atoms with Gasteiger partial charge in [-0.05, 0) is 49.6 Å². The molecule has 170 valence electrons. The topological polar surface area (TPSA) is 84.9 Å². The van der Waals surface area contributed by atoms with E-state index in [1.54, 1.807) is 24.3 Å². The normalized spacial score (nSPS) is 11.4. The van der Waals surface area contributed by atoms with Crippen LogP contribution in [-0.2, 0) is 14.8 Å². The molecule has 0 spiro atoms. The number of amides is 1. The van der Waals surface area contributed by atoms with Gasteiger partial charge >= 0.3 is 0 Å². The average molecular weight is 457 g/mol. The van der Waals surface area contributed by atoms with Crippen LogP contribution in [0.4, 0.5) is 5.69 Å². The molecule has 0 heterocycles. The second-order valence-electron chi connectivity index (χ2n) is 7.61. The first-order valence-corrected chi connectivity index (χ1v) is 12.2. The van der Waals surface area contributed by atoms with Crippen LogP contribution in [0.15, 0.2) is 66.7 Å². The number of sulfonamides is 1. The monoisotopic (exact) mass is 456 g/mol. The average Bonchev–Trinajstić information content (AvgIpc) is 2.75. The molecule has 0 fully saturated rings. The molecule has 0 aromatic heterocycles. The van der Waals surface area contributed by atoms with Crippen LogP contribution >= 0.6 is 0 Å². The van der Waals surface area contributed by atoms with Crippen LogP contribution < -0.4 is 19.1 Å². The lowest BCUT2D eigenvalue weighted by molar-refractivity contribution is -0.119. The molecule has 0 unspecified atom stereocenters. The van der Waals surface area contributed by atoms with E-state index in [9.17, 15) is 13.2 Å². The number of carbonyl (C=O) groups is 1. The number of ether oxygens (including phenoxy) is 2. The van der Waals surface area contributed by atoms with E-state index in [4.69, 9.17) is 9.47 Å². The van der Waals surface area contributed by atoms with Gasteiger partial charge in [-0.1, -0.05) is 36.4 Å². The van der Waals surface area contributed by atoms with Gasteiger partial charge in [0, 0.05) is 5.39 Å². The van der Waals surface area contributed by atoms with Crippen molar-refractivity contribution in [2.75, 3.05) is 30.3 Å². The molecule has 0 saturated carbocycles. The predicted octanol–water partition coefficient (Wildman–Crippen LogP) is 3.59. The van der Waals surface area contributed by atoms with Gasteiger partial charge in [-0.15, -0.1) is 0 Å². The van der Waals surface area contributed by atoms with Crippen LogP contribution in [0.5, 0.6) is 11.5 Å². The zero-order valence-corrected chi connectivity index (χ0v) is 19.3. The largest absolute Gasteiger partial charge is 0.491 e. The third-order valence-corrected chi connectivity index (χ3v) is 5.76. The number of hydrogen-bond acceptors (Lipinski definition) is 5. The molecule has 1 amide bonds. The van der Waals surface area contributed by atoms with Gasteiger partial charge in [0.1, 0.15) is 24.7 Å².